The van der Waals surface area contributed by atoms with Crippen LogP contribution >= 0.6 is 0 Å². The number of nitrogens with one attached hydrogen (secondary N) is 2. The number of phenolic OH excluding ortho intramolecular Hbond substituents is 1. The van der Waals surface area contributed by atoms with Crippen LogP contribution in [0, 0.1) is 0 Å². The maximum atomic E-state index is 12.1. The summed E-state index contributed by atoms with van der Waals surface area (Å²) in [5, 5.41) is 14.9. The summed E-state index contributed by atoms with van der Waals surface area (Å²) >= 11 is 0. The second-order valence-electron chi connectivity index (χ2n) is 6.31. The average molecular weight is 416 g/mol. The van der Waals surface area contributed by atoms with Gasteiger partial charge in [-0.2, -0.15) is 0 Å². The second kappa shape index (κ2) is 10.7. The molecule has 160 valence electrons. The zero-order chi connectivity index (χ0) is 22.1. The zero-order valence-electron chi connectivity index (χ0n) is 17.0. The number of aryl methyl sites for hydroxylation is 1. The molecule has 2 amide bonds. The molecule has 0 unspecified atom stereocenters. The lowest BCUT2D eigenvalue weighted by atomic mass is 10.1. The van der Waals surface area contributed by atoms with E-state index in [4.69, 9.17) is 14.2 Å². The molecule has 0 saturated heterocycles. The minimum atomic E-state index is -0.556. The monoisotopic (exact) mass is 416 g/mol. The number of hydrogen-bond donors (Lipinski definition) is 3. The van der Waals surface area contributed by atoms with Gasteiger partial charge in [-0.3, -0.25) is 14.4 Å². The molecular formula is C21H24N2O7. The fourth-order valence-corrected chi connectivity index (χ4v) is 2.63. The first-order valence-corrected chi connectivity index (χ1v) is 9.09. The van der Waals surface area contributed by atoms with Crippen LogP contribution in [0.1, 0.15) is 18.9 Å². The summed E-state index contributed by atoms with van der Waals surface area (Å²) in [6, 6.07) is 9.60. The lowest BCUT2D eigenvalue weighted by Gasteiger charge is -2.12. The van der Waals surface area contributed by atoms with E-state index in [1.54, 1.807) is 24.3 Å². The van der Waals surface area contributed by atoms with Crippen molar-refractivity contribution in [2.45, 2.75) is 19.8 Å². The number of methoxy groups -OCH3 is 2. The number of aromatic hydroxyl groups is 1. The Morgan fingerprint density at radius 2 is 1.67 bits per heavy atom. The molecule has 0 aliphatic rings. The van der Waals surface area contributed by atoms with Crippen LogP contribution in [-0.4, -0.2) is 43.7 Å². The molecule has 0 aliphatic carbocycles. The number of amides is 2. The van der Waals surface area contributed by atoms with E-state index in [2.05, 4.69) is 10.6 Å². The van der Waals surface area contributed by atoms with E-state index in [0.29, 0.717) is 29.3 Å². The minimum Gasteiger partial charge on any atom is -0.504 e. The van der Waals surface area contributed by atoms with Crippen LogP contribution in [0.3, 0.4) is 0 Å². The van der Waals surface area contributed by atoms with Crippen molar-refractivity contribution in [3.05, 3.63) is 42.0 Å². The molecule has 2 aromatic carbocycles. The first kappa shape index (κ1) is 22.5. The number of esters is 1. The third-order valence-electron chi connectivity index (χ3n) is 4.02. The van der Waals surface area contributed by atoms with Crippen molar-refractivity contribution >= 4 is 29.2 Å². The number of ether oxygens (including phenoxy) is 3. The van der Waals surface area contributed by atoms with Gasteiger partial charge in [0.2, 0.25) is 5.91 Å². The SMILES string of the molecule is COc1ccc(CCC(=O)OCC(=O)Nc2cc(NC(C)=O)ccc2OC)cc1O. The normalized spacial score (nSPS) is 10.1. The van der Waals surface area contributed by atoms with Gasteiger partial charge in [0.1, 0.15) is 5.75 Å². The van der Waals surface area contributed by atoms with E-state index in [1.807, 2.05) is 0 Å². The number of hydrogen-bond acceptors (Lipinski definition) is 7. The minimum absolute atomic E-state index is 0.0156. The molecule has 0 spiro atoms. The van der Waals surface area contributed by atoms with E-state index >= 15 is 0 Å². The van der Waals surface area contributed by atoms with Gasteiger partial charge in [-0.1, -0.05) is 6.07 Å². The van der Waals surface area contributed by atoms with Gasteiger partial charge in [0.15, 0.2) is 18.1 Å². The Labute approximate surface area is 173 Å². The fourth-order valence-electron chi connectivity index (χ4n) is 2.63. The van der Waals surface area contributed by atoms with Crippen molar-refractivity contribution in [3.63, 3.8) is 0 Å². The van der Waals surface area contributed by atoms with Crippen molar-refractivity contribution in [1.29, 1.82) is 0 Å². The van der Waals surface area contributed by atoms with E-state index in [0.717, 1.165) is 5.56 Å². The van der Waals surface area contributed by atoms with E-state index in [9.17, 15) is 19.5 Å². The summed E-state index contributed by atoms with van der Waals surface area (Å²) in [6.45, 7) is 0.898. The van der Waals surface area contributed by atoms with Crippen molar-refractivity contribution in [1.82, 2.24) is 0 Å². The smallest absolute Gasteiger partial charge is 0.306 e. The summed E-state index contributed by atoms with van der Waals surface area (Å²) in [4.78, 5) is 35.2. The molecule has 9 nitrogen and oxygen atoms in total. The zero-order valence-corrected chi connectivity index (χ0v) is 17.0. The van der Waals surface area contributed by atoms with E-state index < -0.39 is 18.5 Å². The Morgan fingerprint density at radius 1 is 0.967 bits per heavy atom. The number of carbonyl (C=O) groups excluding carboxylic acids is 3. The van der Waals surface area contributed by atoms with Crippen LogP contribution in [0.4, 0.5) is 11.4 Å². The van der Waals surface area contributed by atoms with Crippen molar-refractivity contribution < 1.29 is 33.7 Å². The highest BCUT2D eigenvalue weighted by Crippen LogP contribution is 2.28. The third-order valence-corrected chi connectivity index (χ3v) is 4.02. The van der Waals surface area contributed by atoms with Crippen LogP contribution in [0.15, 0.2) is 36.4 Å². The maximum Gasteiger partial charge on any atom is 0.306 e. The number of anilines is 2. The van der Waals surface area contributed by atoms with E-state index in [-0.39, 0.29) is 18.1 Å². The third kappa shape index (κ3) is 6.69. The second-order valence-corrected chi connectivity index (χ2v) is 6.31. The number of benzene rings is 2. The number of phenols is 1. The van der Waals surface area contributed by atoms with Crippen LogP contribution in [0.25, 0.3) is 0 Å². The summed E-state index contributed by atoms with van der Waals surface area (Å²) in [7, 11) is 2.89. The summed E-state index contributed by atoms with van der Waals surface area (Å²) in [6.07, 6.45) is 0.380. The van der Waals surface area contributed by atoms with Gasteiger partial charge in [0.05, 0.1) is 19.9 Å². The van der Waals surface area contributed by atoms with Crippen LogP contribution in [0.2, 0.25) is 0 Å². The van der Waals surface area contributed by atoms with Gasteiger partial charge in [-0.25, -0.2) is 0 Å². The molecule has 0 heterocycles. The van der Waals surface area contributed by atoms with Crippen LogP contribution in [-0.2, 0) is 25.5 Å². The molecule has 2 aromatic rings. The molecule has 9 heteroatoms. The highest BCUT2D eigenvalue weighted by atomic mass is 16.5. The highest BCUT2D eigenvalue weighted by molar-refractivity contribution is 5.96. The summed E-state index contributed by atoms with van der Waals surface area (Å²) in [5.41, 5.74) is 1.55. The Bertz CT molecular complexity index is 928. The molecule has 3 N–H and O–H groups in total. The Kier molecular flexibility index (Phi) is 8.04. The fraction of sp³-hybridized carbons (Fsp3) is 0.286. The van der Waals surface area contributed by atoms with Crippen LogP contribution in [0.5, 0.6) is 17.2 Å². The predicted molar refractivity (Wildman–Crippen MR) is 110 cm³/mol. The first-order valence-electron chi connectivity index (χ1n) is 9.09. The molecular weight excluding hydrogens is 392 g/mol. The molecule has 0 aromatic heterocycles. The predicted octanol–water partition coefficient (Wildman–Crippen LogP) is 2.48. The number of rotatable bonds is 9. The molecule has 0 atom stereocenters. The average Bonchev–Trinajstić information content (AvgIpc) is 2.70. The topological polar surface area (TPSA) is 123 Å². The van der Waals surface area contributed by atoms with Gasteiger partial charge >= 0.3 is 5.97 Å². The van der Waals surface area contributed by atoms with Crippen LogP contribution < -0.4 is 20.1 Å². The summed E-state index contributed by atoms with van der Waals surface area (Å²) in [5.74, 6) is -0.642. The van der Waals surface area contributed by atoms with Gasteiger partial charge < -0.3 is 30.0 Å². The molecule has 0 saturated carbocycles. The molecule has 0 radical (unpaired) electrons. The molecule has 0 bridgehead atoms. The van der Waals surface area contributed by atoms with Crippen molar-refractivity contribution in [2.24, 2.45) is 0 Å². The van der Waals surface area contributed by atoms with Gasteiger partial charge in [-0.15, -0.1) is 0 Å². The van der Waals surface area contributed by atoms with Crippen molar-refractivity contribution in [3.8, 4) is 17.2 Å². The lowest BCUT2D eigenvalue weighted by molar-refractivity contribution is -0.147. The Morgan fingerprint density at radius 3 is 2.30 bits per heavy atom. The first-order chi connectivity index (χ1) is 14.3. The summed E-state index contributed by atoms with van der Waals surface area (Å²) < 4.78 is 15.1. The molecule has 2 rings (SSSR count). The van der Waals surface area contributed by atoms with Crippen molar-refractivity contribution in [2.75, 3.05) is 31.5 Å². The number of carbonyl (C=O) groups is 3. The standard InChI is InChI=1S/C21H24N2O7/c1-13(24)22-15-6-8-18(28-2)16(11-15)23-20(26)12-30-21(27)9-5-14-4-7-19(29-3)17(25)10-14/h4,6-8,10-11,25H,5,9,12H2,1-3H3,(H,22,24)(H,23,26). The molecule has 0 fully saturated rings. The van der Waals surface area contributed by atoms with E-state index in [1.165, 1.54) is 33.3 Å². The Balaban J connectivity index is 1.86. The largest absolute Gasteiger partial charge is 0.504 e. The molecule has 0 aliphatic heterocycles. The van der Waals surface area contributed by atoms with Gasteiger partial charge in [0.25, 0.3) is 5.91 Å². The molecule has 30 heavy (non-hydrogen) atoms. The van der Waals surface area contributed by atoms with Gasteiger partial charge in [-0.05, 0) is 42.3 Å². The Hall–Kier alpha value is -3.75. The maximum absolute atomic E-state index is 12.1. The lowest BCUT2D eigenvalue weighted by Crippen LogP contribution is -2.21. The highest BCUT2D eigenvalue weighted by Gasteiger charge is 2.12. The quantitative estimate of drug-likeness (QED) is 0.537. The van der Waals surface area contributed by atoms with Gasteiger partial charge in [0, 0.05) is 19.0 Å².